The molecule has 1 saturated heterocycles. The lowest BCUT2D eigenvalue weighted by atomic mass is 10.00. The lowest BCUT2D eigenvalue weighted by Crippen LogP contribution is -2.39. The molecule has 2 aliphatic rings. The molecule has 1 N–H and O–H groups in total. The summed E-state index contributed by atoms with van der Waals surface area (Å²) in [5, 5.41) is 3.01. The van der Waals surface area contributed by atoms with Gasteiger partial charge < -0.3 is 19.9 Å². The van der Waals surface area contributed by atoms with Gasteiger partial charge in [0.15, 0.2) is 0 Å². The van der Waals surface area contributed by atoms with E-state index in [0.29, 0.717) is 38.3 Å². The van der Waals surface area contributed by atoms with E-state index >= 15 is 0 Å². The van der Waals surface area contributed by atoms with Gasteiger partial charge in [-0.1, -0.05) is 18.2 Å². The second-order valence-corrected chi connectivity index (χ2v) is 7.13. The number of anilines is 2. The highest BCUT2D eigenvalue weighted by Crippen LogP contribution is 2.30. The maximum atomic E-state index is 12.9. The zero-order chi connectivity index (χ0) is 19.5. The molecule has 2 heterocycles. The van der Waals surface area contributed by atoms with Gasteiger partial charge in [-0.25, -0.2) is 4.79 Å². The molecule has 0 radical (unpaired) electrons. The standard InChI is InChI=1S/C22H25N3O3/c1-2-28-18-10-9-16-11-13-24(15-17(16)14-18)22(27)23-19-6-3-4-7-20(19)25-12-5-8-21(25)26/h3-4,6-7,9-10,14H,2,5,8,11-13,15H2,1H3,(H,23,27). The predicted molar refractivity (Wildman–Crippen MR) is 109 cm³/mol. The Labute approximate surface area is 165 Å². The highest BCUT2D eigenvalue weighted by Gasteiger charge is 2.26. The average Bonchev–Trinajstić information content (AvgIpc) is 3.14. The fraction of sp³-hybridized carbons (Fsp3) is 0.364. The smallest absolute Gasteiger partial charge is 0.322 e. The van der Waals surface area contributed by atoms with E-state index in [1.807, 2.05) is 43.3 Å². The predicted octanol–water partition coefficient (Wildman–Crippen LogP) is 3.80. The molecule has 0 unspecified atom stereocenters. The van der Waals surface area contributed by atoms with Crippen LogP contribution >= 0.6 is 0 Å². The van der Waals surface area contributed by atoms with Gasteiger partial charge in [0, 0.05) is 26.1 Å². The summed E-state index contributed by atoms with van der Waals surface area (Å²) < 4.78 is 5.59. The molecule has 0 aliphatic carbocycles. The lowest BCUT2D eigenvalue weighted by Gasteiger charge is -2.30. The van der Waals surface area contributed by atoms with Crippen molar-refractivity contribution in [3.05, 3.63) is 53.6 Å². The molecule has 0 atom stereocenters. The molecule has 0 spiro atoms. The number of ether oxygens (including phenoxy) is 1. The molecule has 1 fully saturated rings. The maximum absolute atomic E-state index is 12.9. The minimum Gasteiger partial charge on any atom is -0.494 e. The van der Waals surface area contributed by atoms with Gasteiger partial charge in [-0.05, 0) is 55.2 Å². The van der Waals surface area contributed by atoms with E-state index in [2.05, 4.69) is 11.4 Å². The summed E-state index contributed by atoms with van der Waals surface area (Å²) in [4.78, 5) is 28.6. The Balaban J connectivity index is 1.49. The fourth-order valence-corrected chi connectivity index (χ4v) is 3.88. The third-order valence-corrected chi connectivity index (χ3v) is 5.30. The van der Waals surface area contributed by atoms with Crippen molar-refractivity contribution in [2.75, 3.05) is 29.9 Å². The molecule has 0 saturated carbocycles. The van der Waals surface area contributed by atoms with Gasteiger partial charge in [0.25, 0.3) is 0 Å². The zero-order valence-electron chi connectivity index (χ0n) is 16.1. The second kappa shape index (κ2) is 7.92. The first-order valence-electron chi connectivity index (χ1n) is 9.85. The van der Waals surface area contributed by atoms with Crippen molar-refractivity contribution in [1.82, 2.24) is 4.90 Å². The summed E-state index contributed by atoms with van der Waals surface area (Å²) in [6.07, 6.45) is 2.24. The number of urea groups is 1. The topological polar surface area (TPSA) is 61.9 Å². The number of nitrogens with one attached hydrogen (secondary N) is 1. The largest absolute Gasteiger partial charge is 0.494 e. The summed E-state index contributed by atoms with van der Waals surface area (Å²) in [6, 6.07) is 13.5. The number of para-hydroxylation sites is 2. The van der Waals surface area contributed by atoms with Crippen molar-refractivity contribution in [2.45, 2.75) is 32.7 Å². The SMILES string of the molecule is CCOc1ccc2c(c1)CN(C(=O)Nc1ccccc1N1CCCC1=O)CC2. The summed E-state index contributed by atoms with van der Waals surface area (Å²) in [7, 11) is 0. The van der Waals surface area contributed by atoms with Crippen molar-refractivity contribution < 1.29 is 14.3 Å². The molecule has 2 aliphatic heterocycles. The number of nitrogens with zero attached hydrogens (tertiary/aromatic N) is 2. The van der Waals surface area contributed by atoms with Crippen LogP contribution in [-0.2, 0) is 17.8 Å². The molecule has 6 heteroatoms. The van der Waals surface area contributed by atoms with Crippen LogP contribution < -0.4 is 15.0 Å². The molecule has 0 bridgehead atoms. The Morgan fingerprint density at radius 1 is 1.11 bits per heavy atom. The first-order valence-corrected chi connectivity index (χ1v) is 9.85. The summed E-state index contributed by atoms with van der Waals surface area (Å²) >= 11 is 0. The normalized spacial score (nSPS) is 16.1. The van der Waals surface area contributed by atoms with Crippen LogP contribution in [0.1, 0.15) is 30.9 Å². The van der Waals surface area contributed by atoms with Gasteiger partial charge in [0.2, 0.25) is 5.91 Å². The molecule has 0 aromatic heterocycles. The fourth-order valence-electron chi connectivity index (χ4n) is 3.88. The van der Waals surface area contributed by atoms with Crippen molar-refractivity contribution in [3.8, 4) is 5.75 Å². The third-order valence-electron chi connectivity index (χ3n) is 5.30. The van der Waals surface area contributed by atoms with Crippen LogP contribution in [0.15, 0.2) is 42.5 Å². The van der Waals surface area contributed by atoms with Gasteiger partial charge >= 0.3 is 6.03 Å². The van der Waals surface area contributed by atoms with Crippen LogP contribution in [0.4, 0.5) is 16.2 Å². The van der Waals surface area contributed by atoms with Crippen LogP contribution in [0.2, 0.25) is 0 Å². The Bertz CT molecular complexity index is 896. The average molecular weight is 379 g/mol. The summed E-state index contributed by atoms with van der Waals surface area (Å²) in [5.41, 5.74) is 3.83. The van der Waals surface area contributed by atoms with E-state index in [1.54, 1.807) is 9.80 Å². The number of amides is 3. The number of hydrogen-bond donors (Lipinski definition) is 1. The summed E-state index contributed by atoms with van der Waals surface area (Å²) in [5.74, 6) is 0.943. The molecular formula is C22H25N3O3. The summed E-state index contributed by atoms with van der Waals surface area (Å²) in [6.45, 7) is 4.49. The number of fused-ring (bicyclic) bond motifs is 1. The molecule has 2 aromatic carbocycles. The quantitative estimate of drug-likeness (QED) is 0.879. The first kappa shape index (κ1) is 18.3. The van der Waals surface area contributed by atoms with Gasteiger partial charge in [-0.15, -0.1) is 0 Å². The van der Waals surface area contributed by atoms with Crippen LogP contribution in [0.3, 0.4) is 0 Å². The molecule has 146 valence electrons. The monoisotopic (exact) mass is 379 g/mol. The Hall–Kier alpha value is -3.02. The third kappa shape index (κ3) is 3.67. The van der Waals surface area contributed by atoms with Gasteiger partial charge in [0.05, 0.1) is 18.0 Å². The van der Waals surface area contributed by atoms with Crippen LogP contribution in [0.25, 0.3) is 0 Å². The van der Waals surface area contributed by atoms with Gasteiger partial charge in [0.1, 0.15) is 5.75 Å². The van der Waals surface area contributed by atoms with E-state index in [4.69, 9.17) is 4.74 Å². The van der Waals surface area contributed by atoms with E-state index in [1.165, 1.54) is 5.56 Å². The number of rotatable bonds is 4. The van der Waals surface area contributed by atoms with E-state index in [9.17, 15) is 9.59 Å². The van der Waals surface area contributed by atoms with Gasteiger partial charge in [-0.3, -0.25) is 4.79 Å². The highest BCUT2D eigenvalue weighted by molar-refractivity contribution is 6.01. The number of carbonyl (C=O) groups excluding carboxylic acids is 2. The van der Waals surface area contributed by atoms with Crippen molar-refractivity contribution in [3.63, 3.8) is 0 Å². The van der Waals surface area contributed by atoms with Crippen molar-refractivity contribution in [1.29, 1.82) is 0 Å². The molecule has 6 nitrogen and oxygen atoms in total. The lowest BCUT2D eigenvalue weighted by molar-refractivity contribution is -0.117. The van der Waals surface area contributed by atoms with Crippen molar-refractivity contribution in [2.24, 2.45) is 0 Å². The Morgan fingerprint density at radius 2 is 1.96 bits per heavy atom. The van der Waals surface area contributed by atoms with Crippen LogP contribution in [0, 0.1) is 0 Å². The molecular weight excluding hydrogens is 354 g/mol. The highest BCUT2D eigenvalue weighted by atomic mass is 16.5. The number of hydrogen-bond acceptors (Lipinski definition) is 3. The van der Waals surface area contributed by atoms with E-state index < -0.39 is 0 Å². The molecule has 3 amide bonds. The number of benzene rings is 2. The second-order valence-electron chi connectivity index (χ2n) is 7.13. The van der Waals surface area contributed by atoms with Gasteiger partial charge in [-0.2, -0.15) is 0 Å². The molecule has 28 heavy (non-hydrogen) atoms. The van der Waals surface area contributed by atoms with Crippen LogP contribution in [-0.4, -0.2) is 36.5 Å². The van der Waals surface area contributed by atoms with E-state index in [0.717, 1.165) is 29.8 Å². The minimum atomic E-state index is -0.147. The zero-order valence-corrected chi connectivity index (χ0v) is 16.1. The first-order chi connectivity index (χ1) is 13.7. The Morgan fingerprint density at radius 3 is 2.75 bits per heavy atom. The Kier molecular flexibility index (Phi) is 5.19. The maximum Gasteiger partial charge on any atom is 0.322 e. The van der Waals surface area contributed by atoms with Crippen LogP contribution in [0.5, 0.6) is 5.75 Å². The number of carbonyl (C=O) groups is 2. The minimum absolute atomic E-state index is 0.108. The molecule has 4 rings (SSSR count). The molecule has 2 aromatic rings. The van der Waals surface area contributed by atoms with Crippen molar-refractivity contribution >= 4 is 23.3 Å². The van der Waals surface area contributed by atoms with E-state index in [-0.39, 0.29) is 11.9 Å².